The summed E-state index contributed by atoms with van der Waals surface area (Å²) >= 11 is 0. The van der Waals surface area contributed by atoms with Crippen LogP contribution in [0.3, 0.4) is 0 Å². The van der Waals surface area contributed by atoms with Crippen LogP contribution in [0.2, 0.25) is 0 Å². The molecule has 0 aromatic heterocycles. The van der Waals surface area contributed by atoms with Crippen molar-refractivity contribution in [3.8, 4) is 0 Å². The van der Waals surface area contributed by atoms with Crippen molar-refractivity contribution in [3.05, 3.63) is 83.6 Å². The topological polar surface area (TPSA) is 41.8 Å². The maximum absolute atomic E-state index is 12.6. The highest BCUT2D eigenvalue weighted by atomic mass is 32.2. The van der Waals surface area contributed by atoms with Crippen molar-refractivity contribution in [2.75, 3.05) is 0 Å². The Morgan fingerprint density at radius 2 is 1.44 bits per heavy atom. The van der Waals surface area contributed by atoms with E-state index in [2.05, 4.69) is 36.4 Å². The molecule has 1 atom stereocenters. The summed E-state index contributed by atoms with van der Waals surface area (Å²) in [5.41, 5.74) is 3.33. The van der Waals surface area contributed by atoms with Crippen molar-refractivity contribution in [2.24, 2.45) is 8.73 Å². The van der Waals surface area contributed by atoms with Crippen LogP contribution in [0.25, 0.3) is 0 Å². The van der Waals surface area contributed by atoms with E-state index in [9.17, 15) is 4.79 Å². The molecule has 4 heteroatoms. The minimum absolute atomic E-state index is 0.0903. The molecule has 1 heterocycles. The van der Waals surface area contributed by atoms with Crippen LogP contribution in [0.15, 0.2) is 81.2 Å². The molecular formula is C23H26N2OS. The van der Waals surface area contributed by atoms with Gasteiger partial charge in [-0.2, -0.15) is 4.36 Å². The van der Waals surface area contributed by atoms with Crippen LogP contribution in [-0.2, 0) is 26.6 Å². The number of hydrogen-bond acceptors (Lipinski definition) is 2. The fourth-order valence-electron chi connectivity index (χ4n) is 4.06. The van der Waals surface area contributed by atoms with Gasteiger partial charge in [0.15, 0.2) is 0 Å². The van der Waals surface area contributed by atoms with Gasteiger partial charge in [-0.15, -0.1) is 0 Å². The van der Waals surface area contributed by atoms with E-state index in [4.69, 9.17) is 8.73 Å². The molecule has 1 saturated carbocycles. The van der Waals surface area contributed by atoms with Crippen LogP contribution >= 0.6 is 0 Å². The van der Waals surface area contributed by atoms with Gasteiger partial charge >= 0.3 is 0 Å². The summed E-state index contributed by atoms with van der Waals surface area (Å²) < 4.78 is 9.96. The molecule has 0 bridgehead atoms. The molecule has 4 rings (SSSR count). The lowest BCUT2D eigenvalue weighted by Gasteiger charge is -2.31. The van der Waals surface area contributed by atoms with Crippen molar-refractivity contribution in [1.29, 1.82) is 0 Å². The Balaban J connectivity index is 1.75. The Labute approximate surface area is 162 Å². The van der Waals surface area contributed by atoms with Gasteiger partial charge in [0, 0.05) is 23.5 Å². The van der Waals surface area contributed by atoms with Crippen molar-refractivity contribution in [1.82, 2.24) is 0 Å². The van der Waals surface area contributed by atoms with E-state index in [0.29, 0.717) is 11.7 Å². The van der Waals surface area contributed by atoms with E-state index < -0.39 is 9.62 Å². The highest BCUT2D eigenvalue weighted by molar-refractivity contribution is 7.96. The molecule has 2 aromatic carbocycles. The monoisotopic (exact) mass is 378 g/mol. The lowest BCUT2D eigenvalue weighted by atomic mass is 10.0. The molecule has 1 unspecified atom stereocenters. The predicted octanol–water partition coefficient (Wildman–Crippen LogP) is 5.71. The number of carbonyl (C=O) groups is 1. The van der Waals surface area contributed by atoms with E-state index >= 15 is 0 Å². The zero-order valence-electron chi connectivity index (χ0n) is 15.6. The third kappa shape index (κ3) is 4.38. The summed E-state index contributed by atoms with van der Waals surface area (Å²) in [5, 5.41) is 0.426. The number of benzene rings is 2. The summed E-state index contributed by atoms with van der Waals surface area (Å²) in [5.74, 6) is 0.698. The number of amides is 1. The highest BCUT2D eigenvalue weighted by Gasteiger charge is 2.27. The third-order valence-electron chi connectivity index (χ3n) is 5.35. The van der Waals surface area contributed by atoms with Gasteiger partial charge in [-0.3, -0.25) is 4.79 Å². The summed E-state index contributed by atoms with van der Waals surface area (Å²) in [6, 6.07) is 20.7. The van der Waals surface area contributed by atoms with E-state index in [-0.39, 0.29) is 5.91 Å². The number of nitrogens with zero attached hydrogens (tertiary/aromatic N) is 2. The quantitative estimate of drug-likeness (QED) is 0.657. The van der Waals surface area contributed by atoms with E-state index in [1.54, 1.807) is 6.08 Å². The van der Waals surface area contributed by atoms with E-state index in [0.717, 1.165) is 24.3 Å². The van der Waals surface area contributed by atoms with Crippen molar-refractivity contribution in [3.63, 3.8) is 0 Å². The molecule has 2 aliphatic rings. The molecule has 0 radical (unpaired) electrons. The Hall–Kier alpha value is -2.20. The molecule has 1 aliphatic carbocycles. The molecule has 140 valence electrons. The Bertz CT molecular complexity index is 948. The third-order valence-corrected chi connectivity index (χ3v) is 8.69. The standard InChI is InChI=1S/C23H26N2OS/c26-23-17-21(16-19-10-4-1-5-11-19)24-27(25-23,22-14-8-3-9-15-22)18-20-12-6-2-7-13-20/h1-2,4-7,10-13,17,22H,3,8-9,14-16,18H2. The summed E-state index contributed by atoms with van der Waals surface area (Å²) in [4.78, 5) is 12.6. The van der Waals surface area contributed by atoms with E-state index in [1.807, 2.05) is 24.3 Å². The second-order valence-corrected chi connectivity index (χ2v) is 10.2. The van der Waals surface area contributed by atoms with Gasteiger partial charge in [-0.1, -0.05) is 79.9 Å². The largest absolute Gasteiger partial charge is 0.278 e. The van der Waals surface area contributed by atoms with Crippen LogP contribution in [0.1, 0.15) is 43.2 Å². The zero-order valence-corrected chi connectivity index (χ0v) is 16.4. The second kappa shape index (κ2) is 8.22. The predicted molar refractivity (Wildman–Crippen MR) is 112 cm³/mol. The molecule has 0 N–H and O–H groups in total. The summed E-state index contributed by atoms with van der Waals surface area (Å²) in [6.07, 6.45) is 8.38. The Morgan fingerprint density at radius 3 is 2.11 bits per heavy atom. The smallest absolute Gasteiger partial charge is 0.267 e. The number of carbonyl (C=O) groups excluding carboxylic acids is 1. The normalized spacial score (nSPS) is 23.3. The maximum Gasteiger partial charge on any atom is 0.278 e. The number of rotatable bonds is 5. The molecule has 1 fully saturated rings. The average molecular weight is 379 g/mol. The minimum Gasteiger partial charge on any atom is -0.267 e. The van der Waals surface area contributed by atoms with Crippen LogP contribution in [-0.4, -0.2) is 11.2 Å². The first-order chi connectivity index (χ1) is 13.2. The molecule has 27 heavy (non-hydrogen) atoms. The fourth-order valence-corrected chi connectivity index (χ4v) is 7.42. The van der Waals surface area contributed by atoms with Crippen molar-refractivity contribution in [2.45, 2.75) is 49.5 Å². The molecule has 0 saturated heterocycles. The summed E-state index contributed by atoms with van der Waals surface area (Å²) in [6.45, 7) is 0. The van der Waals surface area contributed by atoms with Gasteiger partial charge < -0.3 is 0 Å². The van der Waals surface area contributed by atoms with Crippen LogP contribution in [0.4, 0.5) is 0 Å². The van der Waals surface area contributed by atoms with Crippen molar-refractivity contribution >= 4 is 15.5 Å². The Kier molecular flexibility index (Phi) is 5.53. The van der Waals surface area contributed by atoms with Gasteiger partial charge in [0.2, 0.25) is 0 Å². The van der Waals surface area contributed by atoms with Crippen molar-refractivity contribution < 1.29 is 4.79 Å². The van der Waals surface area contributed by atoms with Gasteiger partial charge in [-0.05, 0) is 33.6 Å². The minimum atomic E-state index is -1.74. The first-order valence-corrected chi connectivity index (χ1v) is 11.6. The van der Waals surface area contributed by atoms with Gasteiger partial charge in [0.25, 0.3) is 5.91 Å². The van der Waals surface area contributed by atoms with Gasteiger partial charge in [0.1, 0.15) is 0 Å². The zero-order chi connectivity index (χ0) is 18.5. The lowest BCUT2D eigenvalue weighted by molar-refractivity contribution is -0.113. The molecule has 3 nitrogen and oxygen atoms in total. The van der Waals surface area contributed by atoms with Gasteiger partial charge in [0.05, 0.1) is 5.70 Å². The Morgan fingerprint density at radius 1 is 0.815 bits per heavy atom. The summed E-state index contributed by atoms with van der Waals surface area (Å²) in [7, 11) is -1.74. The molecule has 1 aliphatic heterocycles. The van der Waals surface area contributed by atoms with Gasteiger partial charge in [-0.25, -0.2) is 4.36 Å². The second-order valence-electron chi connectivity index (χ2n) is 7.43. The molecule has 1 amide bonds. The number of hydrogen-bond donors (Lipinski definition) is 0. The van der Waals surface area contributed by atoms with Crippen LogP contribution in [0, 0.1) is 0 Å². The van der Waals surface area contributed by atoms with Crippen LogP contribution < -0.4 is 0 Å². The molecule has 0 spiro atoms. The molecular weight excluding hydrogens is 352 g/mol. The highest BCUT2D eigenvalue weighted by Crippen LogP contribution is 2.33. The first kappa shape index (κ1) is 18.2. The first-order valence-electron chi connectivity index (χ1n) is 9.82. The maximum atomic E-state index is 12.6. The van der Waals surface area contributed by atoms with E-state index in [1.165, 1.54) is 30.4 Å². The SMILES string of the molecule is O=C1C=C(Cc2ccccc2)N=S(Cc2ccccc2)(C2CCCCC2)=N1. The fraction of sp³-hybridized carbons (Fsp3) is 0.348. The van der Waals surface area contributed by atoms with Crippen LogP contribution in [0.5, 0.6) is 0 Å². The number of allylic oxidation sites excluding steroid dienone is 1. The average Bonchev–Trinajstić information content (AvgIpc) is 2.70. The molecule has 2 aromatic rings. The lowest BCUT2D eigenvalue weighted by Crippen LogP contribution is -2.27.